The zero-order chi connectivity index (χ0) is 24.2. The van der Waals surface area contributed by atoms with E-state index in [1.807, 2.05) is 50.2 Å². The molecular formula is C27H27N3O4. The quantitative estimate of drug-likeness (QED) is 0.681. The number of carbonyl (C=O) groups is 3. The second-order valence-corrected chi connectivity index (χ2v) is 9.01. The van der Waals surface area contributed by atoms with E-state index in [-0.39, 0.29) is 23.8 Å². The Morgan fingerprint density at radius 2 is 1.88 bits per heavy atom. The van der Waals surface area contributed by atoms with Crippen LogP contribution in [0, 0.1) is 13.8 Å². The molecule has 0 fully saturated rings. The molecule has 1 atom stereocenters. The van der Waals surface area contributed by atoms with Gasteiger partial charge < -0.3 is 15.8 Å². The number of anilines is 2. The molecular weight excluding hydrogens is 430 g/mol. The van der Waals surface area contributed by atoms with Gasteiger partial charge in [0, 0.05) is 34.6 Å². The van der Waals surface area contributed by atoms with E-state index in [0.29, 0.717) is 41.8 Å². The number of ether oxygens (including phenoxy) is 1. The molecule has 2 heterocycles. The molecule has 1 aliphatic carbocycles. The average molecular weight is 458 g/mol. The van der Waals surface area contributed by atoms with Crippen LogP contribution in [-0.2, 0) is 24.5 Å². The van der Waals surface area contributed by atoms with Crippen LogP contribution >= 0.6 is 0 Å². The maximum Gasteiger partial charge on any atom is 0.339 e. The minimum atomic E-state index is -1.65. The average Bonchev–Trinajstić information content (AvgIpc) is 3.06. The second kappa shape index (κ2) is 7.87. The summed E-state index contributed by atoms with van der Waals surface area (Å²) in [6.07, 6.45) is 1.50. The van der Waals surface area contributed by atoms with Gasteiger partial charge in [0.25, 0.3) is 0 Å². The first kappa shape index (κ1) is 21.9. The molecule has 7 nitrogen and oxygen atoms in total. The first-order valence-corrected chi connectivity index (χ1v) is 11.5. The lowest BCUT2D eigenvalue weighted by Crippen LogP contribution is -2.53. The van der Waals surface area contributed by atoms with Crippen molar-refractivity contribution in [3.63, 3.8) is 0 Å². The Bertz CT molecular complexity index is 1320. The van der Waals surface area contributed by atoms with Crippen LogP contribution in [0.3, 0.4) is 0 Å². The van der Waals surface area contributed by atoms with Crippen LogP contribution in [0.1, 0.15) is 42.9 Å². The highest BCUT2D eigenvalue weighted by atomic mass is 16.5. The fourth-order valence-electron chi connectivity index (χ4n) is 5.49. The number of nitrogens with zero attached hydrogens (tertiary/aromatic N) is 1. The van der Waals surface area contributed by atoms with Crippen molar-refractivity contribution in [3.8, 4) is 0 Å². The Morgan fingerprint density at radius 1 is 1.12 bits per heavy atom. The van der Waals surface area contributed by atoms with E-state index >= 15 is 0 Å². The van der Waals surface area contributed by atoms with Crippen molar-refractivity contribution >= 4 is 29.0 Å². The van der Waals surface area contributed by atoms with Crippen LogP contribution in [-0.4, -0.2) is 24.3 Å². The summed E-state index contributed by atoms with van der Waals surface area (Å²) in [5, 5.41) is 2.91. The summed E-state index contributed by atoms with van der Waals surface area (Å²) in [5.41, 5.74) is 9.89. The van der Waals surface area contributed by atoms with Crippen LogP contribution < -0.4 is 16.0 Å². The van der Waals surface area contributed by atoms with Gasteiger partial charge in [-0.15, -0.1) is 0 Å². The minimum absolute atomic E-state index is 0.00768. The molecule has 34 heavy (non-hydrogen) atoms. The highest BCUT2D eigenvalue weighted by molar-refractivity contribution is 6.23. The van der Waals surface area contributed by atoms with Crippen molar-refractivity contribution in [2.75, 3.05) is 16.8 Å². The van der Waals surface area contributed by atoms with E-state index in [1.54, 1.807) is 17.9 Å². The number of nitrogens with two attached hydrogens (primary N) is 1. The van der Waals surface area contributed by atoms with Gasteiger partial charge in [0.15, 0.2) is 5.78 Å². The van der Waals surface area contributed by atoms with Gasteiger partial charge in [0.1, 0.15) is 16.8 Å². The number of benzene rings is 2. The van der Waals surface area contributed by atoms with Crippen molar-refractivity contribution in [1.82, 2.24) is 0 Å². The number of hydrogen-bond donors (Lipinski definition) is 2. The normalized spacial score (nSPS) is 21.6. The fraction of sp³-hybridized carbons (Fsp3) is 0.296. The summed E-state index contributed by atoms with van der Waals surface area (Å²) in [4.78, 5) is 42.8. The molecule has 1 spiro atoms. The Labute approximate surface area is 198 Å². The maximum absolute atomic E-state index is 13.9. The number of aryl methyl sites for hydroxylation is 2. The SMILES string of the molecule is CCOC(=O)C1=C(N)N(c2cccc(C)c2)C2=C(C(=O)CCC2)C12C(=O)Nc1ccc(C)cc12. The zero-order valence-electron chi connectivity index (χ0n) is 19.5. The third-order valence-corrected chi connectivity index (χ3v) is 6.81. The molecule has 2 aromatic rings. The molecule has 7 heteroatoms. The van der Waals surface area contributed by atoms with Gasteiger partial charge in [0.2, 0.25) is 5.91 Å². The van der Waals surface area contributed by atoms with Crippen molar-refractivity contribution in [2.45, 2.75) is 45.4 Å². The maximum atomic E-state index is 13.9. The summed E-state index contributed by atoms with van der Waals surface area (Å²) < 4.78 is 5.44. The third kappa shape index (κ3) is 2.93. The van der Waals surface area contributed by atoms with Gasteiger partial charge in [-0.05, 0) is 57.4 Å². The molecule has 5 rings (SSSR count). The van der Waals surface area contributed by atoms with Gasteiger partial charge in [0.05, 0.1) is 6.61 Å². The van der Waals surface area contributed by atoms with Gasteiger partial charge >= 0.3 is 5.97 Å². The highest BCUT2D eigenvalue weighted by Crippen LogP contribution is 2.55. The number of ketones is 1. The Kier molecular flexibility index (Phi) is 5.08. The van der Waals surface area contributed by atoms with Gasteiger partial charge in [-0.1, -0.05) is 29.8 Å². The standard InChI is InChI=1S/C27H27N3O4/c1-4-34-25(32)23-24(28)30(17-8-5-7-15(2)13-17)20-9-6-10-21(31)22(20)27(23)18-14-16(3)11-12-19(18)29-26(27)33/h5,7-8,11-14H,4,6,9-10,28H2,1-3H3,(H,29,33). The summed E-state index contributed by atoms with van der Waals surface area (Å²) in [6, 6.07) is 13.2. The lowest BCUT2D eigenvalue weighted by Gasteiger charge is -2.44. The number of allylic oxidation sites excluding steroid dienone is 1. The third-order valence-electron chi connectivity index (χ3n) is 6.81. The summed E-state index contributed by atoms with van der Waals surface area (Å²) in [5.74, 6) is -1.20. The molecule has 3 N–H and O–H groups in total. The smallest absolute Gasteiger partial charge is 0.339 e. The summed E-state index contributed by atoms with van der Waals surface area (Å²) in [7, 11) is 0. The molecule has 0 saturated heterocycles. The predicted molar refractivity (Wildman–Crippen MR) is 129 cm³/mol. The van der Waals surface area contributed by atoms with E-state index in [1.165, 1.54) is 0 Å². The number of carbonyl (C=O) groups excluding carboxylic acids is 3. The molecule has 0 aromatic heterocycles. The minimum Gasteiger partial charge on any atom is -0.462 e. The first-order valence-electron chi connectivity index (χ1n) is 11.5. The molecule has 2 aromatic carbocycles. The van der Waals surface area contributed by atoms with Crippen LogP contribution in [0.15, 0.2) is 65.1 Å². The van der Waals surface area contributed by atoms with Crippen LogP contribution in [0.2, 0.25) is 0 Å². The van der Waals surface area contributed by atoms with E-state index in [4.69, 9.17) is 10.5 Å². The van der Waals surface area contributed by atoms with Crippen molar-refractivity contribution in [2.24, 2.45) is 5.73 Å². The van der Waals surface area contributed by atoms with Gasteiger partial charge in [-0.2, -0.15) is 0 Å². The largest absolute Gasteiger partial charge is 0.462 e. The lowest BCUT2D eigenvalue weighted by molar-refractivity contribution is -0.140. The molecule has 0 bridgehead atoms. The van der Waals surface area contributed by atoms with Gasteiger partial charge in [-0.25, -0.2) is 4.79 Å². The zero-order valence-corrected chi connectivity index (χ0v) is 19.5. The molecule has 1 amide bonds. The van der Waals surface area contributed by atoms with Crippen molar-refractivity contribution in [3.05, 3.63) is 81.8 Å². The lowest BCUT2D eigenvalue weighted by atomic mass is 9.63. The molecule has 0 saturated carbocycles. The molecule has 174 valence electrons. The Hall–Kier alpha value is -3.87. The first-order chi connectivity index (χ1) is 16.3. The van der Waals surface area contributed by atoms with Gasteiger partial charge in [-0.3, -0.25) is 14.5 Å². The van der Waals surface area contributed by atoms with Crippen LogP contribution in [0.4, 0.5) is 11.4 Å². The fourth-order valence-corrected chi connectivity index (χ4v) is 5.49. The van der Waals surface area contributed by atoms with Crippen molar-refractivity contribution in [1.29, 1.82) is 0 Å². The molecule has 2 aliphatic heterocycles. The van der Waals surface area contributed by atoms with Crippen molar-refractivity contribution < 1.29 is 19.1 Å². The summed E-state index contributed by atoms with van der Waals surface area (Å²) >= 11 is 0. The Balaban J connectivity index is 1.91. The molecule has 3 aliphatic rings. The predicted octanol–water partition coefficient (Wildman–Crippen LogP) is 3.75. The molecule has 1 unspecified atom stereocenters. The van der Waals surface area contributed by atoms with E-state index in [2.05, 4.69) is 5.32 Å². The Morgan fingerprint density at radius 3 is 2.62 bits per heavy atom. The van der Waals surface area contributed by atoms with E-state index in [0.717, 1.165) is 16.8 Å². The highest BCUT2D eigenvalue weighted by Gasteiger charge is 2.62. The van der Waals surface area contributed by atoms with E-state index < -0.39 is 17.3 Å². The summed E-state index contributed by atoms with van der Waals surface area (Å²) in [6.45, 7) is 5.68. The van der Waals surface area contributed by atoms with E-state index in [9.17, 15) is 14.4 Å². The van der Waals surface area contributed by atoms with Crippen LogP contribution in [0.25, 0.3) is 0 Å². The topological polar surface area (TPSA) is 102 Å². The number of amides is 1. The number of esters is 1. The number of rotatable bonds is 3. The second-order valence-electron chi connectivity index (χ2n) is 9.01. The number of nitrogens with one attached hydrogen (secondary N) is 1. The molecule has 0 radical (unpaired) electrons. The number of fused-ring (bicyclic) bond motifs is 3. The number of Topliss-reactive ketones (excluding diaryl/α,β-unsaturated/α-hetero) is 1. The van der Waals surface area contributed by atoms with Crippen LogP contribution in [0.5, 0.6) is 0 Å². The monoisotopic (exact) mass is 457 g/mol. The number of hydrogen-bond acceptors (Lipinski definition) is 6.